The Labute approximate surface area is 193 Å². The topological polar surface area (TPSA) is 145 Å². The molecule has 176 valence electrons. The lowest BCUT2D eigenvalue weighted by Crippen LogP contribution is -2.33. The molecule has 3 unspecified atom stereocenters. The second kappa shape index (κ2) is 8.72. The van der Waals surface area contributed by atoms with Gasteiger partial charge in [0.1, 0.15) is 30.8 Å². The highest BCUT2D eigenvalue weighted by Gasteiger charge is 2.45. The van der Waals surface area contributed by atoms with Gasteiger partial charge in [0.2, 0.25) is 5.28 Å². The minimum atomic E-state index is -4.34. The van der Waals surface area contributed by atoms with Gasteiger partial charge < -0.3 is 34.4 Å². The molecule has 10 nitrogen and oxygen atoms in total. The predicted octanol–water partition coefficient (Wildman–Crippen LogP) is 1.89. The van der Waals surface area contributed by atoms with E-state index < -0.39 is 38.4 Å². The van der Waals surface area contributed by atoms with E-state index in [4.69, 9.17) is 30.9 Å². The number of hydrogen-bond acceptors (Lipinski definition) is 9. The molecule has 32 heavy (non-hydrogen) atoms. The van der Waals surface area contributed by atoms with Crippen molar-refractivity contribution in [3.63, 3.8) is 0 Å². The first-order valence-electron chi connectivity index (χ1n) is 10.5. The van der Waals surface area contributed by atoms with Crippen molar-refractivity contribution in [2.75, 3.05) is 30.9 Å². The van der Waals surface area contributed by atoms with E-state index in [1.807, 2.05) is 5.38 Å². The fraction of sp³-hybridized carbons (Fsp3) is 0.684. The van der Waals surface area contributed by atoms with E-state index in [-0.39, 0.29) is 11.9 Å². The maximum absolute atomic E-state index is 11.0. The van der Waals surface area contributed by atoms with Crippen LogP contribution in [0.2, 0.25) is 5.28 Å². The van der Waals surface area contributed by atoms with Crippen molar-refractivity contribution in [2.45, 2.75) is 43.7 Å². The maximum atomic E-state index is 11.0. The molecule has 3 aliphatic rings. The largest absolute Gasteiger partial charge is 0.387 e. The summed E-state index contributed by atoms with van der Waals surface area (Å²) in [5.74, 6) is 2.16. The van der Waals surface area contributed by atoms with Gasteiger partial charge in [-0.1, -0.05) is 6.42 Å². The Kier molecular flexibility index (Phi) is 6.24. The van der Waals surface area contributed by atoms with E-state index in [1.54, 1.807) is 0 Å². The third kappa shape index (κ3) is 4.31. The minimum Gasteiger partial charge on any atom is -0.387 e. The first kappa shape index (κ1) is 22.9. The summed E-state index contributed by atoms with van der Waals surface area (Å²) in [5, 5.41) is 22.9. The average Bonchev–Trinajstić information content (AvgIpc) is 3.46. The number of nitrogens with zero attached hydrogens (tertiary/aromatic N) is 3. The monoisotopic (exact) mass is 505 g/mol. The summed E-state index contributed by atoms with van der Waals surface area (Å²) in [6.45, 7) is 1.63. The van der Waals surface area contributed by atoms with E-state index >= 15 is 0 Å². The van der Waals surface area contributed by atoms with Gasteiger partial charge in [-0.3, -0.25) is 4.57 Å². The van der Waals surface area contributed by atoms with Crippen LogP contribution in [0.4, 0.5) is 5.82 Å². The molecule has 2 saturated heterocycles. The number of fused-ring (bicyclic) bond motifs is 2. The van der Waals surface area contributed by atoms with Crippen LogP contribution < -0.4 is 4.90 Å². The molecule has 0 aromatic carbocycles. The molecule has 2 aliphatic heterocycles. The first-order valence-corrected chi connectivity index (χ1v) is 13.6. The minimum absolute atomic E-state index is 0.110. The molecule has 0 amide bonds. The second-order valence-corrected chi connectivity index (χ2v) is 11.6. The molecule has 0 spiro atoms. The van der Waals surface area contributed by atoms with Crippen molar-refractivity contribution in [3.05, 3.63) is 16.2 Å². The fourth-order valence-corrected chi connectivity index (χ4v) is 6.70. The molecule has 4 heterocycles. The van der Waals surface area contributed by atoms with Crippen LogP contribution in [-0.2, 0) is 14.0 Å². The number of halogens is 1. The van der Waals surface area contributed by atoms with Crippen molar-refractivity contribution < 1.29 is 34.0 Å². The number of aliphatic hydroxyl groups is 2. The van der Waals surface area contributed by atoms with E-state index in [0.29, 0.717) is 22.9 Å². The van der Waals surface area contributed by atoms with Gasteiger partial charge in [0.15, 0.2) is 5.82 Å². The van der Waals surface area contributed by atoms with Crippen molar-refractivity contribution in [3.8, 4) is 0 Å². The summed E-state index contributed by atoms with van der Waals surface area (Å²) in [6.07, 6.45) is -1.36. The molecule has 4 N–H and O–H groups in total. The number of ether oxygens (including phenoxy) is 2. The van der Waals surface area contributed by atoms with Gasteiger partial charge in [0, 0.05) is 18.7 Å². The molecule has 6 atom stereocenters. The SMILES string of the molecule is O=P(O)(O)COCC1O[C@H](c2csc3c(N4CC5CCCC5C4)nc(Cl)nc23)[C@H](O)[C@@H]1O. The highest BCUT2D eigenvalue weighted by atomic mass is 35.5. The normalized spacial score (nSPS) is 32.8. The van der Waals surface area contributed by atoms with Gasteiger partial charge in [0.25, 0.3) is 0 Å². The predicted molar refractivity (Wildman–Crippen MR) is 118 cm³/mol. The van der Waals surface area contributed by atoms with E-state index in [9.17, 15) is 14.8 Å². The lowest BCUT2D eigenvalue weighted by molar-refractivity contribution is -0.0386. The first-order chi connectivity index (χ1) is 15.2. The molecule has 0 bridgehead atoms. The summed E-state index contributed by atoms with van der Waals surface area (Å²) in [7, 11) is -4.34. The number of aliphatic hydroxyl groups excluding tert-OH is 2. The Morgan fingerprint density at radius 1 is 1.22 bits per heavy atom. The molecule has 2 aromatic rings. The highest BCUT2D eigenvalue weighted by molar-refractivity contribution is 7.51. The Hall–Kier alpha value is -0.880. The summed E-state index contributed by atoms with van der Waals surface area (Å²) in [6, 6.07) is 0. The van der Waals surface area contributed by atoms with Crippen LogP contribution in [-0.4, -0.2) is 74.3 Å². The van der Waals surface area contributed by atoms with Crippen LogP contribution in [0.3, 0.4) is 0 Å². The van der Waals surface area contributed by atoms with Gasteiger partial charge in [-0.15, -0.1) is 11.3 Å². The number of anilines is 1. The zero-order valence-electron chi connectivity index (χ0n) is 17.1. The summed E-state index contributed by atoms with van der Waals surface area (Å²) in [4.78, 5) is 29.0. The molecule has 1 saturated carbocycles. The third-order valence-electron chi connectivity index (χ3n) is 6.63. The lowest BCUT2D eigenvalue weighted by atomic mass is 10.0. The molecular formula is C19H25ClN3O7PS. The van der Waals surface area contributed by atoms with Crippen LogP contribution >= 0.6 is 30.5 Å². The molecule has 3 fully saturated rings. The van der Waals surface area contributed by atoms with Crippen LogP contribution in [0.5, 0.6) is 0 Å². The number of rotatable bonds is 6. The summed E-state index contributed by atoms with van der Waals surface area (Å²) in [5.41, 5.74) is 1.18. The van der Waals surface area contributed by atoms with Crippen molar-refractivity contribution in [1.29, 1.82) is 0 Å². The van der Waals surface area contributed by atoms with Crippen LogP contribution in [0.1, 0.15) is 30.9 Å². The second-order valence-electron chi connectivity index (χ2n) is 8.78. The Bertz CT molecular complexity index is 1040. The van der Waals surface area contributed by atoms with Gasteiger partial charge in [-0.2, -0.15) is 4.98 Å². The van der Waals surface area contributed by atoms with E-state index in [2.05, 4.69) is 14.9 Å². The quantitative estimate of drug-likeness (QED) is 0.339. The Morgan fingerprint density at radius 2 is 1.94 bits per heavy atom. The zero-order chi connectivity index (χ0) is 22.6. The fourth-order valence-electron chi connectivity index (χ4n) is 5.15. The standard InChI is InChI=1S/C19H25ClN3O7PS/c20-19-21-13-11(16-15(25)14(24)12(30-16)6-29-8-31(26,27)28)7-32-17(13)18(22-19)23-4-9-2-1-3-10(9)5-23/h7,9-10,12,14-16,24-25H,1-6,8H2,(H2,26,27,28)/t9?,10?,12?,14-,15-,16-/m1/s1. The van der Waals surface area contributed by atoms with Crippen molar-refractivity contribution in [2.24, 2.45) is 11.8 Å². The van der Waals surface area contributed by atoms with Crippen molar-refractivity contribution >= 4 is 46.6 Å². The maximum Gasteiger partial charge on any atom is 0.350 e. The average molecular weight is 506 g/mol. The van der Waals surface area contributed by atoms with Crippen molar-refractivity contribution in [1.82, 2.24) is 9.97 Å². The number of hydrogen-bond donors (Lipinski definition) is 4. The molecule has 2 aromatic heterocycles. The molecule has 5 rings (SSSR count). The molecule has 1 aliphatic carbocycles. The number of aromatic nitrogens is 2. The number of thiophene rings is 1. The molecule has 13 heteroatoms. The van der Waals surface area contributed by atoms with E-state index in [1.165, 1.54) is 30.6 Å². The van der Waals surface area contributed by atoms with E-state index in [0.717, 1.165) is 23.6 Å². The lowest BCUT2D eigenvalue weighted by Gasteiger charge is -2.19. The summed E-state index contributed by atoms with van der Waals surface area (Å²) < 4.78 is 22.6. The highest BCUT2D eigenvalue weighted by Crippen LogP contribution is 2.45. The summed E-state index contributed by atoms with van der Waals surface area (Å²) >= 11 is 7.72. The molecule has 0 radical (unpaired) electrons. The van der Waals surface area contributed by atoms with Gasteiger partial charge in [0.05, 0.1) is 16.8 Å². The van der Waals surface area contributed by atoms with Crippen LogP contribution in [0.15, 0.2) is 5.38 Å². The zero-order valence-corrected chi connectivity index (χ0v) is 19.5. The molecular weight excluding hydrogens is 481 g/mol. The Morgan fingerprint density at radius 3 is 2.62 bits per heavy atom. The van der Waals surface area contributed by atoms with Gasteiger partial charge >= 0.3 is 7.60 Å². The van der Waals surface area contributed by atoms with Gasteiger partial charge in [-0.05, 0) is 41.7 Å². The third-order valence-corrected chi connectivity index (χ3v) is 8.31. The smallest absolute Gasteiger partial charge is 0.350 e. The Balaban J connectivity index is 1.39. The van der Waals surface area contributed by atoms with Gasteiger partial charge in [-0.25, -0.2) is 4.98 Å². The van der Waals surface area contributed by atoms with Crippen LogP contribution in [0.25, 0.3) is 10.2 Å². The van der Waals surface area contributed by atoms with Crippen LogP contribution in [0, 0.1) is 11.8 Å².